The van der Waals surface area contributed by atoms with E-state index in [-0.39, 0.29) is 8.95 Å². The van der Waals surface area contributed by atoms with E-state index < -0.39 is 55.9 Å². The average Bonchev–Trinajstić information content (AvgIpc) is 2.48. The molecule has 0 amide bonds. The van der Waals surface area contributed by atoms with Gasteiger partial charge in [0.05, 0.1) is 22.6 Å². The molecule has 0 aromatic heterocycles. The smallest absolute Gasteiger partial charge is 0.228 e. The molecule has 0 atom stereocenters. The highest BCUT2D eigenvalue weighted by Gasteiger charge is 2.36. The van der Waals surface area contributed by atoms with Crippen LogP contribution in [-0.4, -0.2) is 8.42 Å². The number of benzene rings is 2. The lowest BCUT2D eigenvalue weighted by atomic mass is 10.1. The molecule has 2 rings (SSSR count). The Balaban J connectivity index is 2.41. The van der Waals surface area contributed by atoms with Crippen molar-refractivity contribution in [3.8, 4) is 0 Å². The van der Waals surface area contributed by atoms with Crippen molar-refractivity contribution in [1.82, 2.24) is 0 Å². The summed E-state index contributed by atoms with van der Waals surface area (Å²) < 4.78 is 104. The van der Waals surface area contributed by atoms with Crippen LogP contribution < -0.4 is 0 Å². The van der Waals surface area contributed by atoms with Crippen LogP contribution in [0.1, 0.15) is 22.3 Å². The van der Waals surface area contributed by atoms with Gasteiger partial charge in [0, 0.05) is 8.95 Å². The first-order valence-corrected chi connectivity index (χ1v) is 10.5. The van der Waals surface area contributed by atoms with Crippen molar-refractivity contribution in [3.63, 3.8) is 0 Å². The van der Waals surface area contributed by atoms with Crippen molar-refractivity contribution in [2.45, 2.75) is 23.9 Å². The lowest BCUT2D eigenvalue weighted by molar-refractivity contribution is -0.138. The van der Waals surface area contributed by atoms with Crippen molar-refractivity contribution >= 4 is 41.7 Å². The Labute approximate surface area is 167 Å². The highest BCUT2D eigenvalue weighted by molar-refractivity contribution is 9.10. The van der Waals surface area contributed by atoms with Crippen LogP contribution >= 0.6 is 31.9 Å². The molecular weight excluding hydrogens is 530 g/mol. The molecule has 2 aromatic carbocycles. The Bertz CT molecular complexity index is 881. The molecule has 0 saturated carbocycles. The van der Waals surface area contributed by atoms with E-state index in [0.717, 1.165) is 24.3 Å². The first-order chi connectivity index (χ1) is 12.2. The van der Waals surface area contributed by atoms with Crippen LogP contribution in [0.2, 0.25) is 0 Å². The average molecular weight is 540 g/mol. The highest BCUT2D eigenvalue weighted by Crippen LogP contribution is 2.37. The van der Waals surface area contributed by atoms with Crippen LogP contribution in [0.15, 0.2) is 45.3 Å². The maximum atomic E-state index is 13.1. The molecule has 0 heterocycles. The van der Waals surface area contributed by atoms with Gasteiger partial charge in [-0.05, 0) is 35.4 Å². The van der Waals surface area contributed by atoms with Gasteiger partial charge in [-0.3, -0.25) is 0 Å². The Kier molecular flexibility index (Phi) is 6.38. The third kappa shape index (κ3) is 5.95. The van der Waals surface area contributed by atoms with E-state index in [0.29, 0.717) is 0 Å². The third-order valence-electron chi connectivity index (χ3n) is 3.51. The number of hydrogen-bond acceptors (Lipinski definition) is 2. The lowest BCUT2D eigenvalue weighted by Gasteiger charge is -2.16. The minimum atomic E-state index is -4.80. The number of halogens is 8. The molecule has 11 heteroatoms. The van der Waals surface area contributed by atoms with E-state index >= 15 is 0 Å². The minimum Gasteiger partial charge on any atom is -0.228 e. The summed E-state index contributed by atoms with van der Waals surface area (Å²) in [4.78, 5) is 0. The second kappa shape index (κ2) is 7.75. The maximum absolute atomic E-state index is 13.1. The molecule has 0 saturated heterocycles. The van der Waals surface area contributed by atoms with Crippen molar-refractivity contribution in [1.29, 1.82) is 0 Å². The Hall–Kier alpha value is -1.07. The molecule has 0 aliphatic heterocycles. The quantitative estimate of drug-likeness (QED) is 0.423. The minimum absolute atomic E-state index is 0.100. The van der Waals surface area contributed by atoms with Gasteiger partial charge in [0.15, 0.2) is 9.84 Å². The zero-order valence-corrected chi connectivity index (χ0v) is 17.1. The largest absolute Gasteiger partial charge is 0.416 e. The van der Waals surface area contributed by atoms with Gasteiger partial charge < -0.3 is 0 Å². The number of sulfone groups is 1. The molecule has 0 aliphatic rings. The summed E-state index contributed by atoms with van der Waals surface area (Å²) in [5.41, 5.74) is -3.38. The molecule has 0 N–H and O–H groups in total. The third-order valence-corrected chi connectivity index (χ3v) is 5.99. The predicted molar refractivity (Wildman–Crippen MR) is 94.6 cm³/mol. The Morgan fingerprint density at radius 2 is 1.04 bits per heavy atom. The topological polar surface area (TPSA) is 34.1 Å². The fraction of sp³-hybridized carbons (Fsp3) is 0.250. The lowest BCUT2D eigenvalue weighted by Crippen LogP contribution is -2.16. The second-order valence-electron chi connectivity index (χ2n) is 5.63. The summed E-state index contributed by atoms with van der Waals surface area (Å²) in [5, 5.41) is 0. The zero-order chi connectivity index (χ0) is 20.6. The van der Waals surface area contributed by atoms with Gasteiger partial charge >= 0.3 is 12.4 Å². The summed E-state index contributed by atoms with van der Waals surface area (Å²) in [6.07, 6.45) is -9.60. The molecule has 2 aromatic rings. The SMILES string of the molecule is O=S(=O)(Cc1ccc(Br)cc1C(F)(F)F)Cc1ccc(Br)cc1C(F)(F)F. The normalized spacial score (nSPS) is 13.0. The molecule has 0 radical (unpaired) electrons. The van der Waals surface area contributed by atoms with Crippen LogP contribution in [0.3, 0.4) is 0 Å². The van der Waals surface area contributed by atoms with Gasteiger partial charge in [-0.2, -0.15) is 26.3 Å². The highest BCUT2D eigenvalue weighted by atomic mass is 79.9. The number of alkyl halides is 6. The summed E-state index contributed by atoms with van der Waals surface area (Å²) in [7, 11) is -4.31. The van der Waals surface area contributed by atoms with E-state index in [2.05, 4.69) is 31.9 Å². The fourth-order valence-corrected chi connectivity index (χ4v) is 4.68. The number of hydrogen-bond donors (Lipinski definition) is 0. The van der Waals surface area contributed by atoms with E-state index in [9.17, 15) is 34.8 Å². The maximum Gasteiger partial charge on any atom is 0.416 e. The summed E-state index contributed by atoms with van der Waals surface area (Å²) in [6, 6.07) is 5.90. The summed E-state index contributed by atoms with van der Waals surface area (Å²) >= 11 is 5.76. The van der Waals surface area contributed by atoms with Crippen molar-refractivity contribution in [2.24, 2.45) is 0 Å². The van der Waals surface area contributed by atoms with Crippen LogP contribution in [0.4, 0.5) is 26.3 Å². The standard InChI is InChI=1S/C16H10Br2F6O2S/c17-11-3-1-9(13(5-11)15(19,20)21)7-27(25,26)8-10-2-4-12(18)6-14(10)16(22,23)24/h1-6H,7-8H2. The molecule has 0 fully saturated rings. The van der Waals surface area contributed by atoms with Crippen molar-refractivity contribution < 1.29 is 34.8 Å². The van der Waals surface area contributed by atoms with Gasteiger partial charge in [0.25, 0.3) is 0 Å². The van der Waals surface area contributed by atoms with Gasteiger partial charge in [0.2, 0.25) is 0 Å². The molecular formula is C16H10Br2F6O2S. The molecule has 2 nitrogen and oxygen atoms in total. The fourth-order valence-electron chi connectivity index (χ4n) is 2.40. The van der Waals surface area contributed by atoms with Gasteiger partial charge in [0.1, 0.15) is 0 Å². The summed E-state index contributed by atoms with van der Waals surface area (Å²) in [5.74, 6) is -2.08. The van der Waals surface area contributed by atoms with Crippen LogP contribution in [-0.2, 0) is 33.7 Å². The van der Waals surface area contributed by atoms with Crippen LogP contribution in [0.25, 0.3) is 0 Å². The Morgan fingerprint density at radius 1 is 0.704 bits per heavy atom. The van der Waals surface area contributed by atoms with E-state index in [1.165, 1.54) is 12.1 Å². The molecule has 148 valence electrons. The second-order valence-corrected chi connectivity index (χ2v) is 9.53. The first-order valence-electron chi connectivity index (χ1n) is 7.11. The Morgan fingerprint density at radius 3 is 1.33 bits per heavy atom. The van der Waals surface area contributed by atoms with Gasteiger partial charge in [-0.25, -0.2) is 8.42 Å². The van der Waals surface area contributed by atoms with Gasteiger partial charge in [-0.1, -0.05) is 44.0 Å². The number of rotatable bonds is 4. The van der Waals surface area contributed by atoms with Crippen molar-refractivity contribution in [3.05, 3.63) is 67.6 Å². The molecule has 27 heavy (non-hydrogen) atoms. The predicted octanol–water partition coefficient (Wildman–Crippen LogP) is 6.36. The van der Waals surface area contributed by atoms with E-state index in [1.807, 2.05) is 0 Å². The molecule has 0 aliphatic carbocycles. The van der Waals surface area contributed by atoms with E-state index in [4.69, 9.17) is 0 Å². The first kappa shape index (κ1) is 22.2. The van der Waals surface area contributed by atoms with Crippen molar-refractivity contribution in [2.75, 3.05) is 0 Å². The molecule has 0 spiro atoms. The summed E-state index contributed by atoms with van der Waals surface area (Å²) in [6.45, 7) is 0. The molecule has 0 unspecified atom stereocenters. The van der Waals surface area contributed by atoms with Gasteiger partial charge in [-0.15, -0.1) is 0 Å². The van der Waals surface area contributed by atoms with Crippen LogP contribution in [0.5, 0.6) is 0 Å². The van der Waals surface area contributed by atoms with E-state index in [1.54, 1.807) is 0 Å². The molecule has 0 bridgehead atoms. The monoisotopic (exact) mass is 538 g/mol. The van der Waals surface area contributed by atoms with Crippen LogP contribution in [0, 0.1) is 0 Å². The zero-order valence-electron chi connectivity index (χ0n) is 13.1.